The molecule has 0 unspecified atom stereocenters. The van der Waals surface area contributed by atoms with Gasteiger partial charge in [0.15, 0.2) is 0 Å². The van der Waals surface area contributed by atoms with Gasteiger partial charge in [-0.3, -0.25) is 10.1 Å². The average molecular weight is 209 g/mol. The molecular formula is C12H19NO2. The smallest absolute Gasteiger partial charge is 0.258 e. The number of nitrogens with zero attached hydrogens (tertiary/aromatic N) is 1. The van der Waals surface area contributed by atoms with Crippen LogP contribution in [0.4, 0.5) is 5.69 Å². The zero-order valence-electron chi connectivity index (χ0n) is 10.1. The molecule has 1 rings (SSSR count). The van der Waals surface area contributed by atoms with E-state index in [0.717, 1.165) is 5.56 Å². The fourth-order valence-electron chi connectivity index (χ4n) is 1.08. The van der Waals surface area contributed by atoms with Crippen LogP contribution in [0.25, 0.3) is 0 Å². The minimum absolute atomic E-state index is 0.0507. The third-order valence-corrected chi connectivity index (χ3v) is 1.94. The van der Waals surface area contributed by atoms with Crippen LogP contribution in [0.2, 0.25) is 0 Å². The second kappa shape index (κ2) is 5.49. The first kappa shape index (κ1) is 13.6. The summed E-state index contributed by atoms with van der Waals surface area (Å²) in [7, 11) is 0. The highest BCUT2D eigenvalue weighted by Crippen LogP contribution is 2.23. The molecule has 1 aromatic rings. The van der Waals surface area contributed by atoms with Crippen molar-refractivity contribution in [2.24, 2.45) is 0 Å². The normalized spacial score (nSPS) is 10.2. The van der Waals surface area contributed by atoms with Crippen LogP contribution < -0.4 is 0 Å². The maximum atomic E-state index is 10.4. The summed E-state index contributed by atoms with van der Waals surface area (Å²) >= 11 is 0. The van der Waals surface area contributed by atoms with Crippen molar-refractivity contribution in [3.8, 4) is 0 Å². The number of non-ortho nitro benzene ring substituents is 1. The van der Waals surface area contributed by atoms with Crippen molar-refractivity contribution in [3.05, 3.63) is 39.9 Å². The third-order valence-electron chi connectivity index (χ3n) is 1.94. The molecule has 0 radical (unpaired) electrons. The molecule has 0 spiro atoms. The number of benzene rings is 1. The SMILES string of the molecule is CC.CC(C)(C)c1ccc([N+](=O)[O-])cc1. The van der Waals surface area contributed by atoms with Crippen molar-refractivity contribution in [3.63, 3.8) is 0 Å². The van der Waals surface area contributed by atoms with E-state index >= 15 is 0 Å². The van der Waals surface area contributed by atoms with Crippen molar-refractivity contribution in [2.75, 3.05) is 0 Å². The van der Waals surface area contributed by atoms with E-state index in [1.54, 1.807) is 24.3 Å². The molecule has 0 aliphatic rings. The monoisotopic (exact) mass is 209 g/mol. The summed E-state index contributed by atoms with van der Waals surface area (Å²) in [6, 6.07) is 6.69. The Kier molecular flexibility index (Phi) is 4.98. The topological polar surface area (TPSA) is 43.1 Å². The molecule has 15 heavy (non-hydrogen) atoms. The molecule has 0 amide bonds. The number of hydrogen-bond acceptors (Lipinski definition) is 2. The van der Waals surface area contributed by atoms with Crippen LogP contribution in [0.3, 0.4) is 0 Å². The lowest BCUT2D eigenvalue weighted by molar-refractivity contribution is -0.384. The number of nitro groups is 1. The first-order valence-electron chi connectivity index (χ1n) is 5.16. The molecule has 0 aliphatic heterocycles. The molecule has 0 bridgehead atoms. The van der Waals surface area contributed by atoms with Gasteiger partial charge < -0.3 is 0 Å². The lowest BCUT2D eigenvalue weighted by atomic mass is 9.87. The van der Waals surface area contributed by atoms with Gasteiger partial charge in [0.25, 0.3) is 5.69 Å². The van der Waals surface area contributed by atoms with Gasteiger partial charge in [0.05, 0.1) is 4.92 Å². The van der Waals surface area contributed by atoms with Gasteiger partial charge in [0.1, 0.15) is 0 Å². The highest BCUT2D eigenvalue weighted by Gasteiger charge is 2.14. The van der Waals surface area contributed by atoms with Crippen molar-refractivity contribution in [1.82, 2.24) is 0 Å². The van der Waals surface area contributed by atoms with Crippen LogP contribution in [0.5, 0.6) is 0 Å². The van der Waals surface area contributed by atoms with Gasteiger partial charge in [-0.05, 0) is 11.0 Å². The summed E-state index contributed by atoms with van der Waals surface area (Å²) in [6.45, 7) is 10.2. The first-order valence-corrected chi connectivity index (χ1v) is 5.16. The first-order chi connectivity index (χ1) is 6.91. The molecular weight excluding hydrogens is 190 g/mol. The van der Waals surface area contributed by atoms with Crippen LogP contribution in [0.1, 0.15) is 40.2 Å². The molecule has 0 aromatic heterocycles. The fourth-order valence-corrected chi connectivity index (χ4v) is 1.08. The molecule has 1 aromatic carbocycles. The average Bonchev–Trinajstić information content (AvgIpc) is 2.20. The van der Waals surface area contributed by atoms with Crippen LogP contribution in [-0.4, -0.2) is 4.92 Å². The maximum Gasteiger partial charge on any atom is 0.269 e. The van der Waals surface area contributed by atoms with Gasteiger partial charge in [-0.15, -0.1) is 0 Å². The minimum Gasteiger partial charge on any atom is -0.258 e. The Balaban J connectivity index is 0.000000921. The predicted molar refractivity (Wildman–Crippen MR) is 63.1 cm³/mol. The summed E-state index contributed by atoms with van der Waals surface area (Å²) in [5, 5.41) is 10.4. The third kappa shape index (κ3) is 4.11. The molecule has 0 fully saturated rings. The molecule has 84 valence electrons. The van der Waals surface area contributed by atoms with Crippen LogP contribution in [0, 0.1) is 10.1 Å². The maximum absolute atomic E-state index is 10.4. The number of nitro benzene ring substituents is 1. The Morgan fingerprint density at radius 2 is 1.47 bits per heavy atom. The highest BCUT2D eigenvalue weighted by atomic mass is 16.6. The van der Waals surface area contributed by atoms with E-state index in [9.17, 15) is 10.1 Å². The molecule has 0 heterocycles. The molecule has 3 heteroatoms. The van der Waals surface area contributed by atoms with Gasteiger partial charge in [0.2, 0.25) is 0 Å². The van der Waals surface area contributed by atoms with Crippen LogP contribution in [0.15, 0.2) is 24.3 Å². The molecule has 0 saturated heterocycles. The standard InChI is InChI=1S/C10H13NO2.C2H6/c1-10(2,3)8-4-6-9(7-5-8)11(12)13;1-2/h4-7H,1-3H3;1-2H3. The van der Waals surface area contributed by atoms with E-state index in [4.69, 9.17) is 0 Å². The fraction of sp³-hybridized carbons (Fsp3) is 0.500. The van der Waals surface area contributed by atoms with Crippen molar-refractivity contribution in [2.45, 2.75) is 40.0 Å². The van der Waals surface area contributed by atoms with Crippen molar-refractivity contribution >= 4 is 5.69 Å². The van der Waals surface area contributed by atoms with E-state index in [-0.39, 0.29) is 16.0 Å². The Labute approximate surface area is 91.3 Å². The molecule has 0 aliphatic carbocycles. The molecule has 0 saturated carbocycles. The zero-order valence-corrected chi connectivity index (χ0v) is 10.1. The van der Waals surface area contributed by atoms with E-state index < -0.39 is 0 Å². The summed E-state index contributed by atoms with van der Waals surface area (Å²) < 4.78 is 0. The minimum atomic E-state index is -0.383. The molecule has 0 N–H and O–H groups in total. The second-order valence-electron chi connectivity index (χ2n) is 4.05. The lowest BCUT2D eigenvalue weighted by Crippen LogP contribution is -2.10. The number of hydrogen-bond donors (Lipinski definition) is 0. The Morgan fingerprint density at radius 3 is 1.73 bits per heavy atom. The van der Waals surface area contributed by atoms with Gasteiger partial charge in [0, 0.05) is 12.1 Å². The number of rotatable bonds is 1. The Hall–Kier alpha value is -1.38. The predicted octanol–water partition coefficient (Wildman–Crippen LogP) is 3.92. The summed E-state index contributed by atoms with van der Waals surface area (Å²) in [5.41, 5.74) is 1.31. The van der Waals surface area contributed by atoms with Gasteiger partial charge in [-0.2, -0.15) is 0 Å². The lowest BCUT2D eigenvalue weighted by Gasteiger charge is -2.18. The Morgan fingerprint density at radius 1 is 1.07 bits per heavy atom. The van der Waals surface area contributed by atoms with E-state index in [2.05, 4.69) is 20.8 Å². The van der Waals surface area contributed by atoms with Gasteiger partial charge in [-0.1, -0.05) is 46.8 Å². The van der Waals surface area contributed by atoms with E-state index in [0.29, 0.717) is 0 Å². The largest absolute Gasteiger partial charge is 0.269 e. The van der Waals surface area contributed by atoms with Crippen LogP contribution in [-0.2, 0) is 5.41 Å². The molecule has 3 nitrogen and oxygen atoms in total. The van der Waals surface area contributed by atoms with Gasteiger partial charge >= 0.3 is 0 Å². The second-order valence-corrected chi connectivity index (χ2v) is 4.05. The van der Waals surface area contributed by atoms with Crippen LogP contribution >= 0.6 is 0 Å². The van der Waals surface area contributed by atoms with Gasteiger partial charge in [-0.25, -0.2) is 0 Å². The molecule has 0 atom stereocenters. The van der Waals surface area contributed by atoms with Crippen molar-refractivity contribution < 1.29 is 4.92 Å². The summed E-state index contributed by atoms with van der Waals surface area (Å²) in [4.78, 5) is 9.98. The summed E-state index contributed by atoms with van der Waals surface area (Å²) in [5.74, 6) is 0. The van der Waals surface area contributed by atoms with E-state index in [1.807, 2.05) is 13.8 Å². The highest BCUT2D eigenvalue weighted by molar-refractivity contribution is 5.35. The van der Waals surface area contributed by atoms with E-state index in [1.165, 1.54) is 0 Å². The Bertz CT molecular complexity index is 309. The zero-order chi connectivity index (χ0) is 12.1. The van der Waals surface area contributed by atoms with Crippen molar-refractivity contribution in [1.29, 1.82) is 0 Å². The summed E-state index contributed by atoms with van der Waals surface area (Å²) in [6.07, 6.45) is 0. The quantitative estimate of drug-likeness (QED) is 0.519.